The van der Waals surface area contributed by atoms with Crippen molar-refractivity contribution in [3.8, 4) is 0 Å². The van der Waals surface area contributed by atoms with Gasteiger partial charge in [-0.25, -0.2) is 0 Å². The molecule has 2 rings (SSSR count). The standard InChI is InChI=1S/C6H4BrI.C6H4BrNO2/c7-5-1-3-6(8)4-2-5;7-5-1-3-6(4-2-5)8(9)10/h1-4H;1-4H. The van der Waals surface area contributed by atoms with Crippen LogP contribution in [0.1, 0.15) is 0 Å². The van der Waals surface area contributed by atoms with E-state index in [1.807, 2.05) is 12.1 Å². The molecule has 0 N–H and O–H groups in total. The van der Waals surface area contributed by atoms with Crippen LogP contribution in [0.25, 0.3) is 0 Å². The van der Waals surface area contributed by atoms with E-state index in [1.54, 1.807) is 12.1 Å². The minimum Gasteiger partial charge on any atom is -0.258 e. The Bertz CT molecular complexity index is 494. The fourth-order valence-corrected chi connectivity index (χ4v) is 1.88. The topological polar surface area (TPSA) is 43.1 Å². The maximum Gasteiger partial charge on any atom is 0.269 e. The summed E-state index contributed by atoms with van der Waals surface area (Å²) in [5, 5.41) is 10.1. The Hall–Kier alpha value is -0.470. The second-order valence-corrected chi connectivity index (χ2v) is 6.25. The van der Waals surface area contributed by atoms with E-state index in [0.29, 0.717) is 0 Å². The van der Waals surface area contributed by atoms with Gasteiger partial charge in [-0.05, 0) is 59.0 Å². The lowest BCUT2D eigenvalue weighted by molar-refractivity contribution is -0.384. The summed E-state index contributed by atoms with van der Waals surface area (Å²) in [6.45, 7) is 0. The van der Waals surface area contributed by atoms with Crippen LogP contribution in [0, 0.1) is 13.7 Å². The number of nitro benzene ring substituents is 1. The van der Waals surface area contributed by atoms with E-state index in [1.165, 1.54) is 15.7 Å². The minimum atomic E-state index is -0.424. The predicted octanol–water partition coefficient (Wildman–Crippen LogP) is 5.41. The number of rotatable bonds is 1. The second-order valence-electron chi connectivity index (χ2n) is 3.17. The molecule has 0 heterocycles. The highest BCUT2D eigenvalue weighted by atomic mass is 127. The summed E-state index contributed by atoms with van der Waals surface area (Å²) in [5.74, 6) is 0. The normalized spacial score (nSPS) is 9.28. The van der Waals surface area contributed by atoms with Crippen LogP contribution in [-0.2, 0) is 0 Å². The van der Waals surface area contributed by atoms with Crippen LogP contribution in [0.3, 0.4) is 0 Å². The lowest BCUT2D eigenvalue weighted by Crippen LogP contribution is -1.85. The van der Waals surface area contributed by atoms with E-state index < -0.39 is 4.92 Å². The summed E-state index contributed by atoms with van der Waals surface area (Å²) in [5.41, 5.74) is 0.114. The highest BCUT2D eigenvalue weighted by Gasteiger charge is 2.01. The molecule has 2 aromatic carbocycles. The third-order valence-corrected chi connectivity index (χ3v) is 3.62. The van der Waals surface area contributed by atoms with E-state index >= 15 is 0 Å². The Morgan fingerprint density at radius 3 is 1.61 bits per heavy atom. The third kappa shape index (κ3) is 5.92. The van der Waals surface area contributed by atoms with E-state index in [0.717, 1.165) is 8.95 Å². The van der Waals surface area contributed by atoms with Gasteiger partial charge >= 0.3 is 0 Å². The molecule has 0 unspecified atom stereocenters. The molecular weight excluding hydrogens is 477 g/mol. The molecule has 0 aliphatic heterocycles. The second kappa shape index (κ2) is 7.85. The van der Waals surface area contributed by atoms with Crippen LogP contribution in [-0.4, -0.2) is 4.92 Å². The number of hydrogen-bond acceptors (Lipinski definition) is 2. The Morgan fingerprint density at radius 2 is 1.28 bits per heavy atom. The predicted molar refractivity (Wildman–Crippen MR) is 87.7 cm³/mol. The molecule has 0 saturated carbocycles. The van der Waals surface area contributed by atoms with Gasteiger partial charge in [-0.3, -0.25) is 10.1 Å². The summed E-state index contributed by atoms with van der Waals surface area (Å²) in [6, 6.07) is 14.4. The van der Waals surface area contributed by atoms with Gasteiger partial charge in [0, 0.05) is 24.6 Å². The fourth-order valence-electron chi connectivity index (χ4n) is 0.992. The summed E-state index contributed by atoms with van der Waals surface area (Å²) in [6.07, 6.45) is 0. The van der Waals surface area contributed by atoms with E-state index in [-0.39, 0.29) is 5.69 Å². The minimum absolute atomic E-state index is 0.114. The van der Waals surface area contributed by atoms with Crippen molar-refractivity contribution < 1.29 is 4.92 Å². The number of halogens is 3. The number of hydrogen-bond donors (Lipinski definition) is 0. The first kappa shape index (κ1) is 15.6. The average Bonchev–Trinajstić information content (AvgIpc) is 2.34. The molecule has 0 spiro atoms. The first-order valence-electron chi connectivity index (χ1n) is 4.80. The molecule has 18 heavy (non-hydrogen) atoms. The lowest BCUT2D eigenvalue weighted by Gasteiger charge is -1.88. The lowest BCUT2D eigenvalue weighted by atomic mass is 10.3. The van der Waals surface area contributed by atoms with Gasteiger partial charge in [0.2, 0.25) is 0 Å². The maximum atomic E-state index is 10.1. The monoisotopic (exact) mass is 483 g/mol. The SMILES string of the molecule is Brc1ccc(I)cc1.O=[N+]([O-])c1ccc(Br)cc1. The Kier molecular flexibility index (Phi) is 6.80. The van der Waals surface area contributed by atoms with Gasteiger partial charge in [0.05, 0.1) is 4.92 Å². The van der Waals surface area contributed by atoms with Crippen molar-refractivity contribution in [2.24, 2.45) is 0 Å². The molecule has 0 saturated heterocycles. The van der Waals surface area contributed by atoms with Crippen LogP contribution in [0.15, 0.2) is 57.5 Å². The highest BCUT2D eigenvalue weighted by Crippen LogP contribution is 2.15. The smallest absolute Gasteiger partial charge is 0.258 e. The zero-order valence-electron chi connectivity index (χ0n) is 9.02. The molecule has 0 aromatic heterocycles. The molecular formula is C12H8Br2INO2. The first-order chi connectivity index (χ1) is 8.49. The molecule has 6 heteroatoms. The highest BCUT2D eigenvalue weighted by molar-refractivity contribution is 14.1. The van der Waals surface area contributed by atoms with Gasteiger partial charge in [0.1, 0.15) is 0 Å². The summed E-state index contributed by atoms with van der Waals surface area (Å²) in [7, 11) is 0. The van der Waals surface area contributed by atoms with Crippen molar-refractivity contribution in [1.82, 2.24) is 0 Å². The molecule has 0 radical (unpaired) electrons. The summed E-state index contributed by atoms with van der Waals surface area (Å²) >= 11 is 8.79. The van der Waals surface area contributed by atoms with Crippen LogP contribution < -0.4 is 0 Å². The molecule has 2 aromatic rings. The molecule has 3 nitrogen and oxygen atoms in total. The molecule has 0 atom stereocenters. The van der Waals surface area contributed by atoms with Crippen molar-refractivity contribution in [1.29, 1.82) is 0 Å². The zero-order valence-corrected chi connectivity index (χ0v) is 14.3. The number of non-ortho nitro benzene ring substituents is 1. The summed E-state index contributed by atoms with van der Waals surface area (Å²) < 4.78 is 3.25. The Morgan fingerprint density at radius 1 is 0.889 bits per heavy atom. The fraction of sp³-hybridized carbons (Fsp3) is 0. The van der Waals surface area contributed by atoms with Gasteiger partial charge in [-0.15, -0.1) is 0 Å². The summed E-state index contributed by atoms with van der Waals surface area (Å²) in [4.78, 5) is 9.68. The van der Waals surface area contributed by atoms with Crippen LogP contribution >= 0.6 is 54.5 Å². The number of nitrogens with zero attached hydrogens (tertiary/aromatic N) is 1. The number of benzene rings is 2. The largest absolute Gasteiger partial charge is 0.269 e. The third-order valence-electron chi connectivity index (χ3n) is 1.84. The van der Waals surface area contributed by atoms with Crippen LogP contribution in [0.4, 0.5) is 5.69 Å². The molecule has 0 bridgehead atoms. The van der Waals surface area contributed by atoms with Crippen molar-refractivity contribution >= 4 is 60.1 Å². The molecule has 94 valence electrons. The van der Waals surface area contributed by atoms with Crippen molar-refractivity contribution in [2.45, 2.75) is 0 Å². The molecule has 0 aliphatic rings. The van der Waals surface area contributed by atoms with Crippen molar-refractivity contribution in [2.75, 3.05) is 0 Å². The quantitative estimate of drug-likeness (QED) is 0.308. The van der Waals surface area contributed by atoms with Gasteiger partial charge in [0.15, 0.2) is 0 Å². The van der Waals surface area contributed by atoms with Crippen LogP contribution in [0.5, 0.6) is 0 Å². The van der Waals surface area contributed by atoms with Gasteiger partial charge < -0.3 is 0 Å². The van der Waals surface area contributed by atoms with Crippen LogP contribution in [0.2, 0.25) is 0 Å². The molecule has 0 aliphatic carbocycles. The van der Waals surface area contributed by atoms with Gasteiger partial charge in [-0.1, -0.05) is 31.9 Å². The van der Waals surface area contributed by atoms with Gasteiger partial charge in [-0.2, -0.15) is 0 Å². The number of nitro groups is 1. The zero-order chi connectivity index (χ0) is 13.5. The molecule has 0 fully saturated rings. The van der Waals surface area contributed by atoms with Crippen molar-refractivity contribution in [3.63, 3.8) is 0 Å². The first-order valence-corrected chi connectivity index (χ1v) is 7.46. The van der Waals surface area contributed by atoms with Gasteiger partial charge in [0.25, 0.3) is 5.69 Å². The maximum absolute atomic E-state index is 10.1. The van der Waals surface area contributed by atoms with E-state index in [2.05, 4.69) is 66.6 Å². The Labute approximate surface area is 135 Å². The Balaban J connectivity index is 0.000000184. The van der Waals surface area contributed by atoms with E-state index in [4.69, 9.17) is 0 Å². The average molecular weight is 485 g/mol. The molecule has 0 amide bonds. The van der Waals surface area contributed by atoms with E-state index in [9.17, 15) is 10.1 Å². The van der Waals surface area contributed by atoms with Crippen molar-refractivity contribution in [3.05, 3.63) is 71.2 Å².